The number of para-hydroxylation sites is 2. The summed E-state index contributed by atoms with van der Waals surface area (Å²) in [4.78, 5) is 0. The summed E-state index contributed by atoms with van der Waals surface area (Å²) in [6, 6.07) is 17.1. The molecule has 1 heterocycles. The van der Waals surface area contributed by atoms with Gasteiger partial charge in [0.2, 0.25) is 0 Å². The first kappa shape index (κ1) is 11.0. The molecule has 2 nitrogen and oxygen atoms in total. The number of aromatic nitrogens is 1. The average Bonchev–Trinajstić information content (AvgIpc) is 2.71. The number of rotatable bonds is 3. The van der Waals surface area contributed by atoms with Gasteiger partial charge in [-0.15, -0.1) is 0 Å². The van der Waals surface area contributed by atoms with Crippen LogP contribution in [0.5, 0.6) is 0 Å². The molecule has 3 heteroatoms. The number of nitrogens with zero attached hydrogens (tertiary/aromatic N) is 1. The van der Waals surface area contributed by atoms with Crippen molar-refractivity contribution in [2.24, 2.45) is 0 Å². The molecule has 0 aliphatic rings. The Morgan fingerprint density at radius 1 is 0.882 bits per heavy atom. The second-order valence-electron chi connectivity index (χ2n) is 4.03. The molecule has 17 heavy (non-hydrogen) atoms. The Kier molecular flexibility index (Phi) is 3.02. The first-order valence-electron chi connectivity index (χ1n) is 5.66. The fourth-order valence-corrected chi connectivity index (χ4v) is 2.52. The van der Waals surface area contributed by atoms with E-state index in [-0.39, 0.29) is 0 Å². The van der Waals surface area contributed by atoms with Gasteiger partial charge in [0.15, 0.2) is 0 Å². The summed E-state index contributed by atoms with van der Waals surface area (Å²) < 4.78 is 7.52. The van der Waals surface area contributed by atoms with Crippen LogP contribution in [-0.2, 0) is 30.7 Å². The molecular weight excluding hydrogens is 246 g/mol. The Bertz CT molecular complexity index is 606. The zero-order valence-corrected chi connectivity index (χ0v) is 11.0. The van der Waals surface area contributed by atoms with Crippen LogP contribution in [0.25, 0.3) is 21.8 Å². The molecule has 0 spiro atoms. The fraction of sp³-hybridized carbons (Fsp3) is 0.143. The standard InChI is InChI=1S/C14H12NO.Ti/c16-10-9-15-13-7-3-1-5-11(13)12-6-2-4-8-14(12)15;/h1-8H,9-10H2;/q-1;+1. The van der Waals surface area contributed by atoms with E-state index in [1.165, 1.54) is 21.8 Å². The van der Waals surface area contributed by atoms with Gasteiger partial charge in [-0.1, -0.05) is 0 Å². The molecule has 0 amide bonds. The van der Waals surface area contributed by atoms with E-state index in [0.29, 0.717) is 0 Å². The molecule has 0 radical (unpaired) electrons. The van der Waals surface area contributed by atoms with Crippen LogP contribution in [0.15, 0.2) is 48.5 Å². The molecule has 2 aromatic carbocycles. The van der Waals surface area contributed by atoms with Crippen LogP contribution in [-0.4, -0.2) is 11.2 Å². The second-order valence-corrected chi connectivity index (χ2v) is 4.49. The molecule has 0 fully saturated rings. The monoisotopic (exact) mass is 258 g/mol. The van der Waals surface area contributed by atoms with E-state index in [2.05, 4.69) is 53.1 Å². The van der Waals surface area contributed by atoms with Crippen LogP contribution in [0.4, 0.5) is 0 Å². The third-order valence-corrected chi connectivity index (χ3v) is 3.42. The molecule has 0 N–H and O–H groups in total. The van der Waals surface area contributed by atoms with Crippen LogP contribution in [0.1, 0.15) is 0 Å². The maximum absolute atomic E-state index is 5.19. The van der Waals surface area contributed by atoms with Gasteiger partial charge in [0, 0.05) is 0 Å². The summed E-state index contributed by atoms with van der Waals surface area (Å²) in [5, 5.41) is 2.64. The normalized spacial score (nSPS) is 11.2. The third kappa shape index (κ3) is 1.83. The number of benzene rings is 2. The van der Waals surface area contributed by atoms with Crippen molar-refractivity contribution in [1.82, 2.24) is 4.57 Å². The molecular formula is C14H12NOTi. The Morgan fingerprint density at radius 3 is 1.94 bits per heavy atom. The summed E-state index contributed by atoms with van der Waals surface area (Å²) >= 11 is 1.74. The quantitative estimate of drug-likeness (QED) is 0.657. The Balaban J connectivity index is 2.33. The minimum atomic E-state index is 0.739. The SMILES string of the molecule is [Ti][O]CCn1c2ccccc2c2ccccc21. The summed E-state index contributed by atoms with van der Waals surface area (Å²) in [5.41, 5.74) is 2.57. The van der Waals surface area contributed by atoms with Crippen molar-refractivity contribution in [2.45, 2.75) is 6.54 Å². The molecule has 0 aliphatic heterocycles. The summed E-state index contributed by atoms with van der Waals surface area (Å²) in [5.74, 6) is 0. The minimum absolute atomic E-state index is 0.739. The predicted octanol–water partition coefficient (Wildman–Crippen LogP) is 3.27. The van der Waals surface area contributed by atoms with Gasteiger partial charge in [0.05, 0.1) is 0 Å². The number of hydrogen-bond donors (Lipinski definition) is 0. The molecule has 3 aromatic rings. The van der Waals surface area contributed by atoms with E-state index in [9.17, 15) is 0 Å². The van der Waals surface area contributed by atoms with Crippen molar-refractivity contribution in [2.75, 3.05) is 6.61 Å². The van der Waals surface area contributed by atoms with Crippen molar-refractivity contribution >= 4 is 21.8 Å². The Labute approximate surface area is 112 Å². The van der Waals surface area contributed by atoms with Crippen LogP contribution >= 0.6 is 0 Å². The van der Waals surface area contributed by atoms with Crippen LogP contribution < -0.4 is 0 Å². The van der Waals surface area contributed by atoms with E-state index in [1.54, 1.807) is 20.8 Å². The van der Waals surface area contributed by atoms with E-state index >= 15 is 0 Å². The van der Waals surface area contributed by atoms with Gasteiger partial charge in [-0.3, -0.25) is 0 Å². The van der Waals surface area contributed by atoms with Crippen molar-refractivity contribution in [3.8, 4) is 0 Å². The summed E-state index contributed by atoms with van der Waals surface area (Å²) in [6.45, 7) is 1.63. The van der Waals surface area contributed by atoms with Crippen LogP contribution in [0, 0.1) is 0 Å². The van der Waals surface area contributed by atoms with E-state index in [4.69, 9.17) is 3.32 Å². The number of fused-ring (bicyclic) bond motifs is 3. The van der Waals surface area contributed by atoms with Crippen LogP contribution in [0.3, 0.4) is 0 Å². The van der Waals surface area contributed by atoms with Crippen LogP contribution in [0.2, 0.25) is 0 Å². The van der Waals surface area contributed by atoms with Crippen molar-refractivity contribution in [3.63, 3.8) is 0 Å². The molecule has 1 aromatic heterocycles. The Hall–Kier alpha value is -1.09. The second kappa shape index (κ2) is 4.65. The molecule has 0 aliphatic carbocycles. The molecule has 0 unspecified atom stereocenters. The molecule has 0 saturated heterocycles. The van der Waals surface area contributed by atoms with Crippen molar-refractivity contribution < 1.29 is 24.1 Å². The molecule has 0 saturated carbocycles. The van der Waals surface area contributed by atoms with Gasteiger partial charge in [-0.25, -0.2) is 0 Å². The van der Waals surface area contributed by atoms with Gasteiger partial charge >= 0.3 is 112 Å². The molecule has 83 valence electrons. The zero-order valence-electron chi connectivity index (χ0n) is 9.39. The van der Waals surface area contributed by atoms with Gasteiger partial charge in [0.1, 0.15) is 0 Å². The molecule has 3 rings (SSSR count). The average molecular weight is 258 g/mol. The van der Waals surface area contributed by atoms with E-state index in [0.717, 1.165) is 13.2 Å². The fourth-order valence-electron chi connectivity index (χ4n) is 2.38. The van der Waals surface area contributed by atoms with Gasteiger partial charge < -0.3 is 0 Å². The predicted molar refractivity (Wildman–Crippen MR) is 65.4 cm³/mol. The van der Waals surface area contributed by atoms with Crippen molar-refractivity contribution in [1.29, 1.82) is 0 Å². The summed E-state index contributed by atoms with van der Waals surface area (Å²) in [6.07, 6.45) is 0. The third-order valence-electron chi connectivity index (χ3n) is 3.10. The van der Waals surface area contributed by atoms with E-state index in [1.807, 2.05) is 0 Å². The van der Waals surface area contributed by atoms with Gasteiger partial charge in [-0.05, 0) is 0 Å². The zero-order chi connectivity index (χ0) is 11.7. The van der Waals surface area contributed by atoms with Crippen molar-refractivity contribution in [3.05, 3.63) is 48.5 Å². The summed E-state index contributed by atoms with van der Waals surface area (Å²) in [7, 11) is 0. The topological polar surface area (TPSA) is 14.2 Å². The first-order chi connectivity index (χ1) is 8.42. The number of hydrogen-bond acceptors (Lipinski definition) is 1. The molecule has 0 bridgehead atoms. The van der Waals surface area contributed by atoms with E-state index < -0.39 is 0 Å². The van der Waals surface area contributed by atoms with Gasteiger partial charge in [-0.2, -0.15) is 0 Å². The molecule has 0 atom stereocenters. The Morgan fingerprint density at radius 2 is 1.41 bits per heavy atom. The maximum atomic E-state index is 5.19. The van der Waals surface area contributed by atoms with Gasteiger partial charge in [0.25, 0.3) is 0 Å². The first-order valence-corrected chi connectivity index (χ1v) is 6.30.